The number of nitrogens with zero attached hydrogens (tertiary/aromatic N) is 5. The molecule has 3 atom stereocenters. The van der Waals surface area contributed by atoms with Crippen LogP contribution in [0, 0.1) is 12.8 Å². The van der Waals surface area contributed by atoms with E-state index >= 15 is 0 Å². The highest BCUT2D eigenvalue weighted by Crippen LogP contribution is 2.38. The van der Waals surface area contributed by atoms with Crippen molar-refractivity contribution in [3.05, 3.63) is 50.8 Å². The number of hydrogen-bond donors (Lipinski definition) is 1. The number of allylic oxidation sites excluding steroid dienone is 3. The fourth-order valence-corrected chi connectivity index (χ4v) is 4.32. The van der Waals surface area contributed by atoms with Crippen LogP contribution in [-0.2, 0) is 11.8 Å². The lowest BCUT2D eigenvalue weighted by molar-refractivity contribution is -0.118. The maximum absolute atomic E-state index is 12.6. The summed E-state index contributed by atoms with van der Waals surface area (Å²) in [5, 5.41) is 2.76. The Hall–Kier alpha value is -2.88. The molecule has 3 unspecified atom stereocenters. The van der Waals surface area contributed by atoms with Gasteiger partial charge in [0.15, 0.2) is 6.04 Å². The second-order valence-electron chi connectivity index (χ2n) is 7.10. The molecule has 0 fully saturated rings. The van der Waals surface area contributed by atoms with Gasteiger partial charge in [-0.2, -0.15) is 0 Å². The van der Waals surface area contributed by atoms with Gasteiger partial charge in [0.2, 0.25) is 5.96 Å². The molecule has 0 saturated heterocycles. The SMILES string of the molecule is Cc1cc(=O)n(C2=CC3C(C4N=C(N(C)C)NC4=O)=NSC3C=C2)c(=O)n1C. The van der Waals surface area contributed by atoms with Gasteiger partial charge in [0.25, 0.3) is 11.5 Å². The summed E-state index contributed by atoms with van der Waals surface area (Å²) in [6, 6.07) is 0.722. The molecule has 1 aliphatic carbocycles. The molecule has 1 aromatic rings. The van der Waals surface area contributed by atoms with Crippen LogP contribution in [0.25, 0.3) is 5.70 Å². The van der Waals surface area contributed by atoms with E-state index in [0.717, 1.165) is 4.57 Å². The topological polar surface area (TPSA) is 101 Å². The minimum absolute atomic E-state index is 0.00941. The summed E-state index contributed by atoms with van der Waals surface area (Å²) in [6.07, 6.45) is 5.50. The number of hydrogen-bond acceptors (Lipinski definition) is 7. The molecule has 1 aromatic heterocycles. The molecular formula is C18H20N6O3S. The molecule has 3 heterocycles. The summed E-state index contributed by atoms with van der Waals surface area (Å²) in [6.45, 7) is 1.71. The highest BCUT2D eigenvalue weighted by Gasteiger charge is 2.42. The summed E-state index contributed by atoms with van der Waals surface area (Å²) in [5.74, 6) is 0.0471. The standard InChI is InChI=1S/C18H20N6O3S/c1-9-7-13(25)24(18(27)23(9)4)10-5-6-12-11(8-10)14(21-28-12)15-16(26)20-17(19-15)22(2)3/h5-8,11-12,15H,1-4H3,(H,19,20,26). The van der Waals surface area contributed by atoms with Crippen LogP contribution in [-0.4, -0.2) is 57.0 Å². The van der Waals surface area contributed by atoms with E-state index in [2.05, 4.69) is 14.7 Å². The van der Waals surface area contributed by atoms with Crippen LogP contribution in [0.2, 0.25) is 0 Å². The molecule has 1 N–H and O–H groups in total. The van der Waals surface area contributed by atoms with Crippen LogP contribution in [0.5, 0.6) is 0 Å². The van der Waals surface area contributed by atoms with Crippen molar-refractivity contribution in [1.29, 1.82) is 0 Å². The predicted molar refractivity (Wildman–Crippen MR) is 109 cm³/mol. The molecule has 28 heavy (non-hydrogen) atoms. The lowest BCUT2D eigenvalue weighted by atomic mass is 9.89. The number of carbonyl (C=O) groups excluding carboxylic acids is 1. The summed E-state index contributed by atoms with van der Waals surface area (Å²) < 4.78 is 7.06. The molecule has 9 nitrogen and oxygen atoms in total. The van der Waals surface area contributed by atoms with E-state index in [1.165, 1.54) is 22.6 Å². The minimum Gasteiger partial charge on any atom is -0.349 e. The van der Waals surface area contributed by atoms with E-state index in [1.807, 2.05) is 12.2 Å². The van der Waals surface area contributed by atoms with E-state index in [1.54, 1.807) is 39.0 Å². The van der Waals surface area contributed by atoms with Gasteiger partial charge in [0.05, 0.1) is 16.7 Å². The number of guanidine groups is 1. The van der Waals surface area contributed by atoms with Gasteiger partial charge in [0.1, 0.15) is 0 Å². The fraction of sp³-hybridized carbons (Fsp3) is 0.389. The molecule has 146 valence electrons. The number of fused-ring (bicyclic) bond motifs is 1. The highest BCUT2D eigenvalue weighted by atomic mass is 32.2. The number of aryl methyl sites for hydroxylation is 1. The predicted octanol–water partition coefficient (Wildman–Crippen LogP) is -0.230. The third kappa shape index (κ3) is 2.84. The van der Waals surface area contributed by atoms with Gasteiger partial charge in [0, 0.05) is 38.8 Å². The Bertz CT molecular complexity index is 1110. The average molecular weight is 400 g/mol. The van der Waals surface area contributed by atoms with E-state index in [9.17, 15) is 14.4 Å². The first-order valence-electron chi connectivity index (χ1n) is 8.77. The number of nitrogens with one attached hydrogen (secondary N) is 1. The normalized spacial score (nSPS) is 25.8. The van der Waals surface area contributed by atoms with Gasteiger partial charge in [-0.3, -0.25) is 14.9 Å². The average Bonchev–Trinajstić information content (AvgIpc) is 3.23. The molecule has 10 heteroatoms. The van der Waals surface area contributed by atoms with Gasteiger partial charge in [-0.25, -0.2) is 18.8 Å². The van der Waals surface area contributed by atoms with Crippen molar-refractivity contribution < 1.29 is 4.79 Å². The Labute approximate surface area is 165 Å². The Morgan fingerprint density at radius 2 is 2.00 bits per heavy atom. The van der Waals surface area contributed by atoms with Crippen molar-refractivity contribution in [2.45, 2.75) is 18.2 Å². The van der Waals surface area contributed by atoms with E-state index in [4.69, 9.17) is 0 Å². The molecule has 2 aliphatic heterocycles. The molecule has 0 saturated carbocycles. The number of aliphatic imine (C=N–C) groups is 1. The third-order valence-corrected chi connectivity index (χ3v) is 6.05. The zero-order valence-corrected chi connectivity index (χ0v) is 16.7. The molecule has 0 aromatic carbocycles. The third-order valence-electron chi connectivity index (χ3n) is 5.04. The number of carbonyl (C=O) groups is 1. The summed E-state index contributed by atoms with van der Waals surface area (Å²) in [4.78, 5) is 43.7. The largest absolute Gasteiger partial charge is 0.349 e. The van der Waals surface area contributed by atoms with Gasteiger partial charge < -0.3 is 9.47 Å². The van der Waals surface area contributed by atoms with Crippen LogP contribution >= 0.6 is 11.9 Å². The smallest absolute Gasteiger partial charge is 0.335 e. The van der Waals surface area contributed by atoms with E-state index < -0.39 is 11.7 Å². The monoisotopic (exact) mass is 400 g/mol. The Kier molecular flexibility index (Phi) is 4.37. The van der Waals surface area contributed by atoms with Crippen LogP contribution in [0.4, 0.5) is 0 Å². The van der Waals surface area contributed by atoms with Crippen molar-refractivity contribution in [2.24, 2.45) is 22.4 Å². The summed E-state index contributed by atoms with van der Waals surface area (Å²) in [5.41, 5.74) is 0.914. The van der Waals surface area contributed by atoms with Crippen LogP contribution < -0.4 is 16.6 Å². The van der Waals surface area contributed by atoms with Crippen molar-refractivity contribution >= 4 is 35.2 Å². The van der Waals surface area contributed by atoms with Crippen LogP contribution in [0.15, 0.2) is 43.3 Å². The first kappa shape index (κ1) is 18.5. The second-order valence-corrected chi connectivity index (χ2v) is 8.04. The Morgan fingerprint density at radius 1 is 1.25 bits per heavy atom. The zero-order valence-electron chi connectivity index (χ0n) is 15.9. The van der Waals surface area contributed by atoms with Gasteiger partial charge in [-0.1, -0.05) is 6.08 Å². The van der Waals surface area contributed by atoms with Crippen LogP contribution in [0.1, 0.15) is 5.69 Å². The van der Waals surface area contributed by atoms with E-state index in [-0.39, 0.29) is 22.6 Å². The van der Waals surface area contributed by atoms with Gasteiger partial charge >= 0.3 is 5.69 Å². The summed E-state index contributed by atoms with van der Waals surface area (Å²) >= 11 is 1.37. The second kappa shape index (κ2) is 6.62. The fourth-order valence-electron chi connectivity index (χ4n) is 3.36. The lowest BCUT2D eigenvalue weighted by Crippen LogP contribution is -2.41. The maximum Gasteiger partial charge on any atom is 0.335 e. The number of amides is 1. The summed E-state index contributed by atoms with van der Waals surface area (Å²) in [7, 11) is 5.23. The number of rotatable bonds is 2. The first-order chi connectivity index (χ1) is 13.3. The lowest BCUT2D eigenvalue weighted by Gasteiger charge is -2.21. The van der Waals surface area contributed by atoms with Gasteiger partial charge in [-0.15, -0.1) is 0 Å². The molecule has 1 amide bonds. The molecule has 3 aliphatic rings. The highest BCUT2D eigenvalue weighted by molar-refractivity contribution is 7.99. The molecule has 4 rings (SSSR count). The zero-order chi connectivity index (χ0) is 20.2. The Balaban J connectivity index is 1.74. The number of aromatic nitrogens is 2. The van der Waals surface area contributed by atoms with Crippen molar-refractivity contribution in [2.75, 3.05) is 14.1 Å². The van der Waals surface area contributed by atoms with E-state index in [0.29, 0.717) is 23.1 Å². The first-order valence-corrected chi connectivity index (χ1v) is 9.61. The van der Waals surface area contributed by atoms with Crippen molar-refractivity contribution in [3.63, 3.8) is 0 Å². The molecule has 0 spiro atoms. The maximum atomic E-state index is 12.6. The van der Waals surface area contributed by atoms with Gasteiger partial charge in [-0.05, 0) is 31.0 Å². The van der Waals surface area contributed by atoms with Crippen molar-refractivity contribution in [1.82, 2.24) is 19.4 Å². The quantitative estimate of drug-likeness (QED) is 0.691. The molecule has 0 radical (unpaired) electrons. The minimum atomic E-state index is -0.707. The molecular weight excluding hydrogens is 380 g/mol. The molecule has 0 bridgehead atoms. The Morgan fingerprint density at radius 3 is 2.68 bits per heavy atom. The van der Waals surface area contributed by atoms with Crippen LogP contribution in [0.3, 0.4) is 0 Å². The van der Waals surface area contributed by atoms with Crippen molar-refractivity contribution in [3.8, 4) is 0 Å².